The number of carbonyl (C=O) groups excluding carboxylic acids is 1. The van der Waals surface area contributed by atoms with E-state index in [0.717, 1.165) is 0 Å². The Morgan fingerprint density at radius 2 is 2.29 bits per heavy atom. The lowest BCUT2D eigenvalue weighted by Gasteiger charge is -2.09. The van der Waals surface area contributed by atoms with Crippen molar-refractivity contribution in [1.82, 2.24) is 19.7 Å². The zero-order valence-electron chi connectivity index (χ0n) is 8.34. The Kier molecular flexibility index (Phi) is 3.22. The van der Waals surface area contributed by atoms with Gasteiger partial charge in [-0.1, -0.05) is 0 Å². The topological polar surface area (TPSA) is 60.2 Å². The summed E-state index contributed by atoms with van der Waals surface area (Å²) in [7, 11) is 4.93. The molecule has 0 N–H and O–H groups in total. The summed E-state index contributed by atoms with van der Waals surface area (Å²) in [4.78, 5) is 16.8. The Bertz CT molecular complexity index is 329. The molecular formula is C8H12N4O2. The van der Waals surface area contributed by atoms with Gasteiger partial charge < -0.3 is 9.64 Å². The van der Waals surface area contributed by atoms with E-state index in [2.05, 4.69) is 14.8 Å². The Hall–Kier alpha value is -1.85. The molecule has 0 radical (unpaired) electrons. The number of aromatic nitrogens is 3. The molecule has 1 rings (SSSR count). The largest absolute Gasteiger partial charge is 0.464 e. The van der Waals surface area contributed by atoms with Crippen LogP contribution in [0.5, 0.6) is 0 Å². The number of nitrogens with zero attached hydrogens (tertiary/aromatic N) is 4. The molecule has 0 aliphatic carbocycles. The molecule has 0 amide bonds. The molecule has 0 fully saturated rings. The second kappa shape index (κ2) is 4.40. The molecule has 1 aromatic heterocycles. The minimum atomic E-state index is -0.454. The summed E-state index contributed by atoms with van der Waals surface area (Å²) in [5.74, 6) is -0.454. The molecule has 0 aliphatic heterocycles. The first-order chi connectivity index (χ1) is 6.65. The van der Waals surface area contributed by atoms with Crippen molar-refractivity contribution in [2.45, 2.75) is 0 Å². The highest BCUT2D eigenvalue weighted by molar-refractivity contribution is 6.09. The number of esters is 1. The average molecular weight is 196 g/mol. The molecule has 0 bridgehead atoms. The maximum Gasteiger partial charge on any atom is 0.358 e. The third kappa shape index (κ3) is 2.32. The van der Waals surface area contributed by atoms with Crippen LogP contribution in [0.3, 0.4) is 0 Å². The van der Waals surface area contributed by atoms with Gasteiger partial charge in [0.25, 0.3) is 0 Å². The third-order valence-corrected chi connectivity index (χ3v) is 1.44. The molecule has 14 heavy (non-hydrogen) atoms. The highest BCUT2D eigenvalue weighted by atomic mass is 16.5. The number of hydrogen-bond donors (Lipinski definition) is 0. The van der Waals surface area contributed by atoms with Crippen molar-refractivity contribution in [3.63, 3.8) is 0 Å². The van der Waals surface area contributed by atoms with Crippen molar-refractivity contribution in [1.29, 1.82) is 0 Å². The predicted octanol–water partition coefficient (Wildman–Crippen LogP) is -0.189. The smallest absolute Gasteiger partial charge is 0.358 e. The highest BCUT2D eigenvalue weighted by Crippen LogP contribution is 2.04. The molecule has 1 aromatic rings. The molecule has 76 valence electrons. The van der Waals surface area contributed by atoms with Gasteiger partial charge in [-0.25, -0.2) is 14.5 Å². The van der Waals surface area contributed by atoms with Gasteiger partial charge in [-0.15, -0.1) is 0 Å². The van der Waals surface area contributed by atoms with Crippen molar-refractivity contribution in [2.75, 3.05) is 21.2 Å². The summed E-state index contributed by atoms with van der Waals surface area (Å²) < 4.78 is 5.97. The SMILES string of the molecule is COC(=O)/C(=C/N(C)C)n1cncn1. The fraction of sp³-hybridized carbons (Fsp3) is 0.375. The minimum Gasteiger partial charge on any atom is -0.464 e. The van der Waals surface area contributed by atoms with E-state index >= 15 is 0 Å². The average Bonchev–Trinajstić information content (AvgIpc) is 2.65. The van der Waals surface area contributed by atoms with Crippen molar-refractivity contribution in [3.8, 4) is 0 Å². The molecule has 0 saturated heterocycles. The van der Waals surface area contributed by atoms with Crippen LogP contribution >= 0.6 is 0 Å². The number of rotatable bonds is 3. The van der Waals surface area contributed by atoms with Gasteiger partial charge in [0.05, 0.1) is 7.11 Å². The van der Waals surface area contributed by atoms with Crippen molar-refractivity contribution < 1.29 is 9.53 Å². The van der Waals surface area contributed by atoms with Crippen LogP contribution < -0.4 is 0 Å². The fourth-order valence-corrected chi connectivity index (χ4v) is 0.887. The van der Waals surface area contributed by atoms with Gasteiger partial charge in [-0.05, 0) is 0 Å². The Labute approximate surface area is 81.8 Å². The van der Waals surface area contributed by atoms with Gasteiger partial charge in [-0.3, -0.25) is 0 Å². The second-order valence-electron chi connectivity index (χ2n) is 2.81. The normalized spacial score (nSPS) is 11.2. The van der Waals surface area contributed by atoms with Crippen LogP contribution in [-0.2, 0) is 9.53 Å². The lowest BCUT2D eigenvalue weighted by atomic mass is 10.4. The predicted molar refractivity (Wildman–Crippen MR) is 50.0 cm³/mol. The van der Waals surface area contributed by atoms with E-state index in [0.29, 0.717) is 5.70 Å². The van der Waals surface area contributed by atoms with Crippen molar-refractivity contribution in [3.05, 3.63) is 18.9 Å². The summed E-state index contributed by atoms with van der Waals surface area (Å²) in [5.41, 5.74) is 0.315. The van der Waals surface area contributed by atoms with Gasteiger partial charge in [0.1, 0.15) is 12.7 Å². The number of methoxy groups -OCH3 is 1. The van der Waals surface area contributed by atoms with Crippen LogP contribution in [0, 0.1) is 0 Å². The molecular weight excluding hydrogens is 184 g/mol. The number of hydrogen-bond acceptors (Lipinski definition) is 5. The van der Waals surface area contributed by atoms with Gasteiger partial charge in [0.15, 0.2) is 5.70 Å². The quantitative estimate of drug-likeness (QED) is 0.495. The van der Waals surface area contributed by atoms with E-state index in [1.165, 1.54) is 24.4 Å². The van der Waals surface area contributed by atoms with E-state index in [1.807, 2.05) is 0 Å². The molecule has 1 heterocycles. The molecule has 0 atom stereocenters. The molecule has 0 aromatic carbocycles. The molecule has 6 nitrogen and oxygen atoms in total. The van der Waals surface area contributed by atoms with Gasteiger partial charge >= 0.3 is 5.97 Å². The van der Waals surface area contributed by atoms with Crippen LogP contribution in [-0.4, -0.2) is 46.8 Å². The lowest BCUT2D eigenvalue weighted by molar-refractivity contribution is -0.134. The van der Waals surface area contributed by atoms with E-state index in [4.69, 9.17) is 0 Å². The van der Waals surface area contributed by atoms with Gasteiger partial charge in [-0.2, -0.15) is 5.10 Å². The van der Waals surface area contributed by atoms with Crippen LogP contribution in [0.25, 0.3) is 5.70 Å². The van der Waals surface area contributed by atoms with Crippen LogP contribution in [0.1, 0.15) is 0 Å². The standard InChI is InChI=1S/C8H12N4O2/c1-11(2)4-7(8(13)14-3)12-6-9-5-10-12/h4-6H,1-3H3/b7-4-. The molecule has 0 spiro atoms. The first kappa shape index (κ1) is 10.2. The van der Waals surface area contributed by atoms with Crippen LogP contribution in [0.4, 0.5) is 0 Å². The molecule has 6 heteroatoms. The van der Waals surface area contributed by atoms with E-state index in [9.17, 15) is 4.79 Å². The third-order valence-electron chi connectivity index (χ3n) is 1.44. The Morgan fingerprint density at radius 3 is 2.71 bits per heavy atom. The summed E-state index contributed by atoms with van der Waals surface area (Å²) in [6, 6.07) is 0. The first-order valence-corrected chi connectivity index (χ1v) is 3.96. The molecule has 0 aliphatic rings. The minimum absolute atomic E-state index is 0.315. The van der Waals surface area contributed by atoms with E-state index in [-0.39, 0.29) is 0 Å². The fourth-order valence-electron chi connectivity index (χ4n) is 0.887. The number of carbonyl (C=O) groups is 1. The van der Waals surface area contributed by atoms with Crippen molar-refractivity contribution >= 4 is 11.7 Å². The van der Waals surface area contributed by atoms with E-state index < -0.39 is 5.97 Å². The zero-order chi connectivity index (χ0) is 10.6. The summed E-state index contributed by atoms with van der Waals surface area (Å²) in [6.45, 7) is 0. The van der Waals surface area contributed by atoms with Crippen molar-refractivity contribution in [2.24, 2.45) is 0 Å². The molecule has 0 unspecified atom stereocenters. The number of ether oxygens (including phenoxy) is 1. The van der Waals surface area contributed by atoms with Crippen LogP contribution in [0.2, 0.25) is 0 Å². The highest BCUT2D eigenvalue weighted by Gasteiger charge is 2.12. The first-order valence-electron chi connectivity index (χ1n) is 3.96. The summed E-state index contributed by atoms with van der Waals surface area (Å²) in [5, 5.41) is 3.85. The van der Waals surface area contributed by atoms with Gasteiger partial charge in [0, 0.05) is 20.3 Å². The zero-order valence-corrected chi connectivity index (χ0v) is 8.34. The van der Waals surface area contributed by atoms with E-state index in [1.54, 1.807) is 25.2 Å². The Morgan fingerprint density at radius 1 is 1.57 bits per heavy atom. The van der Waals surface area contributed by atoms with Crippen LogP contribution in [0.15, 0.2) is 18.9 Å². The summed E-state index contributed by atoms with van der Waals surface area (Å²) >= 11 is 0. The maximum atomic E-state index is 11.3. The monoisotopic (exact) mass is 196 g/mol. The molecule has 0 saturated carbocycles. The van der Waals surface area contributed by atoms with Gasteiger partial charge in [0.2, 0.25) is 0 Å². The second-order valence-corrected chi connectivity index (χ2v) is 2.81. The Balaban J connectivity index is 3.00. The summed E-state index contributed by atoms with van der Waals surface area (Å²) in [6.07, 6.45) is 4.40. The lowest BCUT2D eigenvalue weighted by Crippen LogP contribution is -2.15. The maximum absolute atomic E-state index is 11.3.